The second kappa shape index (κ2) is 16.3. The standard InChI is InChI=1S/C76H56N2/c1-43-11-27-55-56-28-12-44(2)36-64(56)75(63(55)35-43)67-39-47(5)15-31-59(67)61-33-25-53(41-69(61)75)49-17-21-51(22-18-49)73-74(78-72-10-8-7-9-71(72)77-73)52-23-19-50(20-24-52)54-26-34-62-60-32-16-48(6)40-68(60)76(70(62)42-54)65-37-45(3)13-29-57(65)58-30-14-46(4)38-66(58)76/h7-37,39-42,46H,38H2,1-6H3. The third kappa shape index (κ3) is 6.15. The maximum Gasteiger partial charge on any atom is 0.0973 e. The van der Waals surface area contributed by atoms with E-state index in [9.17, 15) is 0 Å². The average Bonchev–Trinajstić information content (AvgIpc) is 4.26. The highest BCUT2D eigenvalue weighted by Crippen LogP contribution is 2.66. The first-order valence-corrected chi connectivity index (χ1v) is 27.8. The smallest absolute Gasteiger partial charge is 0.0973 e. The van der Waals surface area contributed by atoms with Crippen molar-refractivity contribution in [1.29, 1.82) is 0 Å². The summed E-state index contributed by atoms with van der Waals surface area (Å²) in [5.41, 5.74) is 38.1. The molecule has 11 aromatic rings. The van der Waals surface area contributed by atoms with Crippen LogP contribution in [0, 0.1) is 40.5 Å². The van der Waals surface area contributed by atoms with Gasteiger partial charge in [-0.3, -0.25) is 0 Å². The minimum atomic E-state index is -0.414. The quantitative estimate of drug-likeness (QED) is 0.176. The lowest BCUT2D eigenvalue weighted by Gasteiger charge is -2.35. The number of allylic oxidation sites excluding steroid dienone is 4. The summed E-state index contributed by atoms with van der Waals surface area (Å²) < 4.78 is 0. The van der Waals surface area contributed by atoms with E-state index in [0.717, 1.165) is 40.0 Å². The second-order valence-electron chi connectivity index (χ2n) is 23.3. The third-order valence-corrected chi connectivity index (χ3v) is 18.4. The topological polar surface area (TPSA) is 25.8 Å². The normalized spacial score (nSPS) is 17.2. The first-order valence-electron chi connectivity index (χ1n) is 27.8. The van der Waals surface area contributed by atoms with Crippen molar-refractivity contribution in [1.82, 2.24) is 9.97 Å². The van der Waals surface area contributed by atoms with E-state index in [4.69, 9.17) is 9.97 Å². The lowest BCUT2D eigenvalue weighted by atomic mass is 9.66. The minimum absolute atomic E-state index is 0.339. The third-order valence-electron chi connectivity index (χ3n) is 18.4. The van der Waals surface area contributed by atoms with Gasteiger partial charge in [-0.05, 0) is 183 Å². The molecule has 2 atom stereocenters. The number of aryl methyl sites for hydroxylation is 5. The van der Waals surface area contributed by atoms with Crippen molar-refractivity contribution in [3.63, 3.8) is 0 Å². The highest BCUT2D eigenvalue weighted by molar-refractivity contribution is 6.00. The molecule has 0 saturated heterocycles. The molecule has 16 rings (SSSR count). The molecule has 2 spiro atoms. The molecule has 1 heterocycles. The van der Waals surface area contributed by atoms with Gasteiger partial charge >= 0.3 is 0 Å². The Kier molecular flexibility index (Phi) is 9.44. The van der Waals surface area contributed by atoms with Crippen LogP contribution in [0.4, 0.5) is 0 Å². The summed E-state index contributed by atoms with van der Waals surface area (Å²) in [5.74, 6) is 0.467. The van der Waals surface area contributed by atoms with E-state index in [0.29, 0.717) is 5.92 Å². The zero-order chi connectivity index (χ0) is 52.3. The van der Waals surface area contributed by atoms with Crippen molar-refractivity contribution in [2.75, 3.05) is 0 Å². The van der Waals surface area contributed by atoms with Crippen molar-refractivity contribution < 1.29 is 0 Å². The number of hydrogen-bond acceptors (Lipinski definition) is 2. The molecule has 5 aliphatic carbocycles. The predicted molar refractivity (Wildman–Crippen MR) is 323 cm³/mol. The first kappa shape index (κ1) is 45.2. The molecule has 0 amide bonds. The molecular weight excluding hydrogens is 941 g/mol. The molecular formula is C76H56N2. The Hall–Kier alpha value is -8.98. The van der Waals surface area contributed by atoms with Gasteiger partial charge in [-0.25, -0.2) is 9.97 Å². The van der Waals surface area contributed by atoms with E-state index in [1.54, 1.807) is 5.57 Å². The summed E-state index contributed by atoms with van der Waals surface area (Å²) in [6.45, 7) is 13.5. The van der Waals surface area contributed by atoms with Crippen LogP contribution in [0.3, 0.4) is 0 Å². The molecule has 0 N–H and O–H groups in total. The summed E-state index contributed by atoms with van der Waals surface area (Å²) in [4.78, 5) is 10.8. The van der Waals surface area contributed by atoms with Crippen LogP contribution in [0.1, 0.15) is 85.7 Å². The monoisotopic (exact) mass is 996 g/mol. The number of nitrogens with zero attached hydrogens (tertiary/aromatic N) is 2. The Balaban J connectivity index is 0.789. The molecule has 78 heavy (non-hydrogen) atoms. The predicted octanol–water partition coefficient (Wildman–Crippen LogP) is 18.9. The Bertz CT molecular complexity index is 4450. The van der Waals surface area contributed by atoms with Crippen LogP contribution in [0.2, 0.25) is 0 Å². The average molecular weight is 997 g/mol. The van der Waals surface area contributed by atoms with Crippen LogP contribution >= 0.6 is 0 Å². The SMILES string of the molecule is Cc1ccc2c(c1)C1(C3=C2C=CC(C)C3)c2cc(C)ccc2-c2ccc(-c3ccc(-c4nc5ccccc5nc4-c4ccc(-c5ccc6c(c5)C5(c7cc(C)ccc7-c7ccc(C)cc75)c5cc(C)ccc5-6)cc4)cc3)cc21. The highest BCUT2D eigenvalue weighted by atomic mass is 14.8. The fraction of sp³-hybridized carbons (Fsp3) is 0.132. The molecule has 2 heteroatoms. The van der Waals surface area contributed by atoms with E-state index < -0.39 is 5.41 Å². The van der Waals surface area contributed by atoms with Gasteiger partial charge in [0.15, 0.2) is 0 Å². The van der Waals surface area contributed by atoms with E-state index in [-0.39, 0.29) is 5.41 Å². The number of benzene rings is 10. The Labute approximate surface area is 457 Å². The van der Waals surface area contributed by atoms with Crippen LogP contribution in [-0.4, -0.2) is 9.97 Å². The lowest BCUT2D eigenvalue weighted by molar-refractivity contribution is 0.630. The summed E-state index contributed by atoms with van der Waals surface area (Å²) >= 11 is 0. The van der Waals surface area contributed by atoms with Gasteiger partial charge in [0, 0.05) is 11.1 Å². The number of hydrogen-bond donors (Lipinski definition) is 0. The fourth-order valence-electron chi connectivity index (χ4n) is 14.9. The number of rotatable bonds is 4. The molecule has 0 radical (unpaired) electrons. The molecule has 0 fully saturated rings. The van der Waals surface area contributed by atoms with Gasteiger partial charge in [-0.1, -0.05) is 223 Å². The Morgan fingerprint density at radius 1 is 0.333 bits per heavy atom. The summed E-state index contributed by atoms with van der Waals surface area (Å²) in [5, 5.41) is 0. The van der Waals surface area contributed by atoms with Crippen molar-refractivity contribution in [3.8, 4) is 78.1 Å². The van der Waals surface area contributed by atoms with Crippen LogP contribution in [0.5, 0.6) is 0 Å². The van der Waals surface area contributed by atoms with E-state index in [1.165, 1.54) is 134 Å². The van der Waals surface area contributed by atoms with Gasteiger partial charge in [0.2, 0.25) is 0 Å². The summed E-state index contributed by atoms with van der Waals surface area (Å²) in [6.07, 6.45) is 5.86. The molecule has 2 unspecified atom stereocenters. The van der Waals surface area contributed by atoms with Crippen molar-refractivity contribution in [2.24, 2.45) is 5.92 Å². The van der Waals surface area contributed by atoms with Gasteiger partial charge < -0.3 is 0 Å². The zero-order valence-electron chi connectivity index (χ0n) is 44.9. The van der Waals surface area contributed by atoms with Crippen LogP contribution in [0.15, 0.2) is 218 Å². The maximum atomic E-state index is 5.38. The molecule has 370 valence electrons. The number of para-hydroxylation sites is 2. The van der Waals surface area contributed by atoms with Crippen LogP contribution < -0.4 is 0 Å². The molecule has 2 nitrogen and oxygen atoms in total. The van der Waals surface area contributed by atoms with Crippen molar-refractivity contribution in [2.45, 2.75) is 58.8 Å². The molecule has 0 bridgehead atoms. The highest BCUT2D eigenvalue weighted by Gasteiger charge is 2.54. The van der Waals surface area contributed by atoms with Crippen LogP contribution in [0.25, 0.3) is 94.8 Å². The molecule has 10 aromatic carbocycles. The van der Waals surface area contributed by atoms with E-state index in [1.807, 2.05) is 0 Å². The Morgan fingerprint density at radius 3 is 1.08 bits per heavy atom. The zero-order valence-corrected chi connectivity index (χ0v) is 44.9. The Morgan fingerprint density at radius 2 is 0.654 bits per heavy atom. The van der Waals surface area contributed by atoms with Crippen molar-refractivity contribution >= 4 is 16.6 Å². The molecule has 5 aliphatic rings. The maximum absolute atomic E-state index is 5.38. The molecule has 1 aromatic heterocycles. The lowest BCUT2D eigenvalue weighted by Crippen LogP contribution is -2.29. The van der Waals surface area contributed by atoms with Gasteiger partial charge in [0.25, 0.3) is 0 Å². The summed E-state index contributed by atoms with van der Waals surface area (Å²) in [6, 6.07) is 76.3. The fourth-order valence-corrected chi connectivity index (χ4v) is 14.9. The van der Waals surface area contributed by atoms with Gasteiger partial charge in [-0.2, -0.15) is 0 Å². The first-order chi connectivity index (χ1) is 38.1. The second-order valence-corrected chi connectivity index (χ2v) is 23.3. The van der Waals surface area contributed by atoms with E-state index in [2.05, 4.69) is 254 Å². The van der Waals surface area contributed by atoms with Crippen molar-refractivity contribution in [3.05, 3.63) is 290 Å². The summed E-state index contributed by atoms with van der Waals surface area (Å²) in [7, 11) is 0. The van der Waals surface area contributed by atoms with Gasteiger partial charge in [0.05, 0.1) is 33.3 Å². The minimum Gasteiger partial charge on any atom is -0.244 e. The molecule has 0 saturated carbocycles. The van der Waals surface area contributed by atoms with E-state index >= 15 is 0 Å². The van der Waals surface area contributed by atoms with Gasteiger partial charge in [-0.15, -0.1) is 0 Å². The van der Waals surface area contributed by atoms with Crippen LogP contribution in [-0.2, 0) is 10.8 Å². The molecule has 0 aliphatic heterocycles. The number of aromatic nitrogens is 2. The largest absolute Gasteiger partial charge is 0.244 e. The number of fused-ring (bicyclic) bond motifs is 20. The van der Waals surface area contributed by atoms with Gasteiger partial charge in [0.1, 0.15) is 0 Å².